The van der Waals surface area contributed by atoms with Gasteiger partial charge in [0.2, 0.25) is 0 Å². The van der Waals surface area contributed by atoms with Crippen molar-refractivity contribution >= 4 is 12.4 Å². The highest BCUT2D eigenvalue weighted by molar-refractivity contribution is 5.85. The summed E-state index contributed by atoms with van der Waals surface area (Å²) in [4.78, 5) is 0. The Morgan fingerprint density at radius 2 is 2.27 bits per heavy atom. The largest absolute Gasteiger partial charge is 0.504 e. The number of nitrogens with two attached hydrogens (primary N) is 1. The number of phenols is 1. The Hall–Kier alpha value is -1.44. The first-order valence-electron chi connectivity index (χ1n) is 4.18. The average Bonchev–Trinajstić information content (AvgIpc) is 2.19. The summed E-state index contributed by atoms with van der Waals surface area (Å²) in [6.07, 6.45) is 0.244. The van der Waals surface area contributed by atoms with Crippen LogP contribution in [-0.4, -0.2) is 12.2 Å². The van der Waals surface area contributed by atoms with Crippen LogP contribution in [0.1, 0.15) is 18.0 Å². The summed E-state index contributed by atoms with van der Waals surface area (Å²) in [6, 6.07) is 6.47. The Morgan fingerprint density at radius 1 is 1.60 bits per heavy atom. The molecular formula is C10H13ClN2O2. The molecule has 0 aliphatic heterocycles. The predicted octanol–water partition coefficient (Wildman–Crippen LogP) is 1.74. The molecule has 0 radical (unpaired) electrons. The van der Waals surface area contributed by atoms with Gasteiger partial charge in [-0.3, -0.25) is 0 Å². The van der Waals surface area contributed by atoms with Crippen molar-refractivity contribution in [3.05, 3.63) is 23.8 Å². The number of nitrogens with zero attached hydrogens (tertiary/aromatic N) is 1. The quantitative estimate of drug-likeness (QED) is 0.826. The lowest BCUT2D eigenvalue weighted by molar-refractivity contribution is 0.372. The van der Waals surface area contributed by atoms with Gasteiger partial charge in [-0.15, -0.1) is 12.4 Å². The number of hydrogen-bond acceptors (Lipinski definition) is 4. The van der Waals surface area contributed by atoms with E-state index < -0.39 is 0 Å². The lowest BCUT2D eigenvalue weighted by Crippen LogP contribution is -2.09. The molecule has 4 nitrogen and oxygen atoms in total. The summed E-state index contributed by atoms with van der Waals surface area (Å²) in [6.45, 7) is 0. The second-order valence-electron chi connectivity index (χ2n) is 2.90. The number of hydrogen-bond donors (Lipinski definition) is 2. The summed E-state index contributed by atoms with van der Waals surface area (Å²) < 4.78 is 4.93. The number of ether oxygens (including phenoxy) is 1. The molecule has 0 bridgehead atoms. The molecular weight excluding hydrogens is 216 g/mol. The fourth-order valence-corrected chi connectivity index (χ4v) is 1.14. The molecule has 0 aliphatic carbocycles. The third-order valence-corrected chi connectivity index (χ3v) is 1.94. The topological polar surface area (TPSA) is 79.3 Å². The minimum absolute atomic E-state index is 0. The van der Waals surface area contributed by atoms with Gasteiger partial charge >= 0.3 is 0 Å². The number of methoxy groups -OCH3 is 1. The predicted molar refractivity (Wildman–Crippen MR) is 59.1 cm³/mol. The van der Waals surface area contributed by atoms with Crippen LogP contribution in [0.3, 0.4) is 0 Å². The van der Waals surface area contributed by atoms with Crippen LogP contribution in [0, 0.1) is 11.3 Å². The number of benzene rings is 1. The third kappa shape index (κ3) is 3.31. The van der Waals surface area contributed by atoms with Crippen molar-refractivity contribution in [3.8, 4) is 17.6 Å². The summed E-state index contributed by atoms with van der Waals surface area (Å²) >= 11 is 0. The molecule has 1 aromatic rings. The van der Waals surface area contributed by atoms with E-state index in [0.717, 1.165) is 5.56 Å². The molecule has 0 amide bonds. The van der Waals surface area contributed by atoms with E-state index in [0.29, 0.717) is 5.75 Å². The molecule has 0 saturated heterocycles. The smallest absolute Gasteiger partial charge is 0.160 e. The number of halogens is 1. The lowest BCUT2D eigenvalue weighted by atomic mass is 10.0. The highest BCUT2D eigenvalue weighted by Gasteiger charge is 2.08. The van der Waals surface area contributed by atoms with Crippen molar-refractivity contribution in [1.82, 2.24) is 0 Å². The fraction of sp³-hybridized carbons (Fsp3) is 0.300. The van der Waals surface area contributed by atoms with Gasteiger partial charge in [0.05, 0.1) is 19.6 Å². The molecule has 1 rings (SSSR count). The molecule has 0 saturated carbocycles. The minimum Gasteiger partial charge on any atom is -0.504 e. The number of phenolic OH excluding ortho intramolecular Hbond substituents is 1. The van der Waals surface area contributed by atoms with Crippen molar-refractivity contribution in [3.63, 3.8) is 0 Å². The van der Waals surface area contributed by atoms with E-state index in [9.17, 15) is 5.11 Å². The monoisotopic (exact) mass is 228 g/mol. The van der Waals surface area contributed by atoms with Gasteiger partial charge in [0.15, 0.2) is 11.5 Å². The molecule has 5 heteroatoms. The molecule has 0 unspecified atom stereocenters. The van der Waals surface area contributed by atoms with E-state index in [1.54, 1.807) is 12.1 Å². The molecule has 0 aromatic heterocycles. The Balaban J connectivity index is 0.00000196. The maximum absolute atomic E-state index is 9.32. The van der Waals surface area contributed by atoms with Gasteiger partial charge in [-0.25, -0.2) is 0 Å². The zero-order chi connectivity index (χ0) is 10.6. The van der Waals surface area contributed by atoms with E-state index in [1.807, 2.05) is 6.07 Å². The molecule has 3 N–H and O–H groups in total. The Morgan fingerprint density at radius 3 is 2.80 bits per heavy atom. The molecule has 0 aliphatic rings. The maximum atomic E-state index is 9.32. The third-order valence-electron chi connectivity index (χ3n) is 1.94. The van der Waals surface area contributed by atoms with Crippen LogP contribution in [0.15, 0.2) is 18.2 Å². The van der Waals surface area contributed by atoms with Crippen LogP contribution < -0.4 is 10.5 Å². The lowest BCUT2D eigenvalue weighted by Gasteiger charge is -2.10. The first-order valence-corrected chi connectivity index (χ1v) is 4.18. The van der Waals surface area contributed by atoms with Crippen LogP contribution in [0.2, 0.25) is 0 Å². The number of rotatable bonds is 3. The summed E-state index contributed by atoms with van der Waals surface area (Å²) in [5.41, 5.74) is 6.50. The summed E-state index contributed by atoms with van der Waals surface area (Å²) in [5, 5.41) is 17.8. The van der Waals surface area contributed by atoms with Gasteiger partial charge in [-0.05, 0) is 17.7 Å². The van der Waals surface area contributed by atoms with Crippen molar-refractivity contribution in [2.75, 3.05) is 7.11 Å². The molecule has 82 valence electrons. The minimum atomic E-state index is -0.338. The Kier molecular flexibility index (Phi) is 5.53. The van der Waals surface area contributed by atoms with E-state index in [2.05, 4.69) is 0 Å². The molecule has 0 fully saturated rings. The fourth-order valence-electron chi connectivity index (χ4n) is 1.14. The van der Waals surface area contributed by atoms with Crippen molar-refractivity contribution in [2.24, 2.45) is 5.73 Å². The molecule has 0 heterocycles. The van der Waals surface area contributed by atoms with E-state index in [1.165, 1.54) is 13.2 Å². The van der Waals surface area contributed by atoms with Gasteiger partial charge in [-0.1, -0.05) is 6.07 Å². The maximum Gasteiger partial charge on any atom is 0.160 e. The highest BCUT2D eigenvalue weighted by Crippen LogP contribution is 2.28. The van der Waals surface area contributed by atoms with Gasteiger partial charge in [-0.2, -0.15) is 5.26 Å². The standard InChI is InChI=1S/C10H12N2O2.ClH/c1-14-10-6-7(2-3-9(10)13)8(12)4-5-11;/h2-3,6,8,13H,4,12H2,1H3;1H/t8-;/m0./s1. The normalized spacial score (nSPS) is 11.0. The van der Waals surface area contributed by atoms with Crippen LogP contribution in [0.4, 0.5) is 0 Å². The number of nitriles is 1. The van der Waals surface area contributed by atoms with Gasteiger partial charge in [0.25, 0.3) is 0 Å². The zero-order valence-electron chi connectivity index (χ0n) is 8.30. The van der Waals surface area contributed by atoms with Crippen LogP contribution in [0.25, 0.3) is 0 Å². The second kappa shape index (κ2) is 6.12. The van der Waals surface area contributed by atoms with Gasteiger partial charge in [0.1, 0.15) is 0 Å². The van der Waals surface area contributed by atoms with E-state index in [-0.39, 0.29) is 30.6 Å². The summed E-state index contributed by atoms with van der Waals surface area (Å²) in [7, 11) is 1.47. The molecule has 0 spiro atoms. The molecule has 1 atom stereocenters. The van der Waals surface area contributed by atoms with Gasteiger partial charge < -0.3 is 15.6 Å². The molecule has 15 heavy (non-hydrogen) atoms. The molecule has 1 aromatic carbocycles. The first kappa shape index (κ1) is 13.6. The van der Waals surface area contributed by atoms with Crippen molar-refractivity contribution in [2.45, 2.75) is 12.5 Å². The first-order chi connectivity index (χ1) is 6.69. The van der Waals surface area contributed by atoms with E-state index in [4.69, 9.17) is 15.7 Å². The van der Waals surface area contributed by atoms with Crippen molar-refractivity contribution in [1.29, 1.82) is 5.26 Å². The Bertz CT molecular complexity index is 363. The summed E-state index contributed by atoms with van der Waals surface area (Å²) in [5.74, 6) is 0.441. The van der Waals surface area contributed by atoms with Gasteiger partial charge in [0, 0.05) is 6.04 Å². The number of aromatic hydroxyl groups is 1. The van der Waals surface area contributed by atoms with Crippen molar-refractivity contribution < 1.29 is 9.84 Å². The Labute approximate surface area is 94.7 Å². The van der Waals surface area contributed by atoms with Crippen LogP contribution in [-0.2, 0) is 0 Å². The van der Waals surface area contributed by atoms with E-state index >= 15 is 0 Å². The van der Waals surface area contributed by atoms with Crippen LogP contribution in [0.5, 0.6) is 11.5 Å². The SMILES string of the molecule is COc1cc([C@@H](N)CC#N)ccc1O.Cl. The second-order valence-corrected chi connectivity index (χ2v) is 2.90. The van der Waals surface area contributed by atoms with Crippen LogP contribution >= 0.6 is 12.4 Å². The average molecular weight is 229 g/mol. The highest BCUT2D eigenvalue weighted by atomic mass is 35.5. The zero-order valence-corrected chi connectivity index (χ0v) is 9.12.